The normalized spacial score (nSPS) is 15.0. The summed E-state index contributed by atoms with van der Waals surface area (Å²) >= 11 is 5.57. The van der Waals surface area contributed by atoms with Gasteiger partial charge in [0.05, 0.1) is 24.0 Å². The van der Waals surface area contributed by atoms with Crippen molar-refractivity contribution < 1.29 is 4.74 Å². The minimum absolute atomic E-state index is 0.743. The van der Waals surface area contributed by atoms with Crippen LogP contribution < -0.4 is 15.0 Å². The molecule has 24 heavy (non-hydrogen) atoms. The van der Waals surface area contributed by atoms with Gasteiger partial charge in [0.1, 0.15) is 10.4 Å². The summed E-state index contributed by atoms with van der Waals surface area (Å²) in [6.45, 7) is 3.91. The maximum Gasteiger partial charge on any atom is 0.144 e. The van der Waals surface area contributed by atoms with E-state index in [1.807, 2.05) is 22.9 Å². The summed E-state index contributed by atoms with van der Waals surface area (Å²) in [6.07, 6.45) is 0. The third kappa shape index (κ3) is 2.57. The first-order valence-corrected chi connectivity index (χ1v) is 8.52. The third-order valence-electron chi connectivity index (χ3n) is 4.47. The van der Waals surface area contributed by atoms with Crippen LogP contribution in [0.4, 0.5) is 5.69 Å². The molecule has 0 saturated carbocycles. The van der Waals surface area contributed by atoms with E-state index in [0.29, 0.717) is 0 Å². The molecule has 0 amide bonds. The van der Waals surface area contributed by atoms with Gasteiger partial charge in [0.15, 0.2) is 0 Å². The highest BCUT2D eigenvalue weighted by Gasteiger charge is 2.18. The number of nitrogens with one attached hydrogen (secondary N) is 2. The molecule has 1 saturated heterocycles. The van der Waals surface area contributed by atoms with E-state index in [2.05, 4.69) is 39.6 Å². The van der Waals surface area contributed by atoms with Gasteiger partial charge >= 0.3 is 0 Å². The zero-order valence-electron chi connectivity index (χ0n) is 13.6. The second kappa shape index (κ2) is 6.30. The number of hydrogen-bond donors (Lipinski definition) is 2. The molecule has 0 bridgehead atoms. The van der Waals surface area contributed by atoms with Gasteiger partial charge in [0.2, 0.25) is 0 Å². The number of piperazine rings is 1. The van der Waals surface area contributed by atoms with Gasteiger partial charge in [-0.15, -0.1) is 0 Å². The van der Waals surface area contributed by atoms with Crippen LogP contribution in [-0.4, -0.2) is 43.1 Å². The summed E-state index contributed by atoms with van der Waals surface area (Å²) < 4.78 is 8.44. The van der Waals surface area contributed by atoms with E-state index in [1.54, 1.807) is 7.11 Å². The number of hydrogen-bond acceptors (Lipinski definition) is 4. The number of fused-ring (bicyclic) bond motifs is 1. The van der Waals surface area contributed by atoms with Gasteiger partial charge in [0.25, 0.3) is 0 Å². The van der Waals surface area contributed by atoms with Gasteiger partial charge in [-0.3, -0.25) is 9.78 Å². The zero-order valence-corrected chi connectivity index (χ0v) is 14.4. The van der Waals surface area contributed by atoms with Crippen LogP contribution in [0.5, 0.6) is 5.75 Å². The fourth-order valence-electron chi connectivity index (χ4n) is 3.24. The molecule has 0 aliphatic carbocycles. The molecule has 0 spiro atoms. The lowest BCUT2D eigenvalue weighted by atomic mass is 10.1. The van der Waals surface area contributed by atoms with Crippen LogP contribution >= 0.6 is 12.2 Å². The van der Waals surface area contributed by atoms with Crippen LogP contribution in [0.1, 0.15) is 0 Å². The Balaban J connectivity index is 1.90. The minimum atomic E-state index is 0.743. The zero-order chi connectivity index (χ0) is 16.5. The van der Waals surface area contributed by atoms with E-state index in [-0.39, 0.29) is 0 Å². The van der Waals surface area contributed by atoms with Crippen molar-refractivity contribution in [3.05, 3.63) is 47.1 Å². The SMILES string of the molecule is COc1cc2c(cc1N1CCNCC1)c(=S)[nH]n2-c1ccccc1. The number of benzene rings is 2. The highest BCUT2D eigenvalue weighted by molar-refractivity contribution is 7.71. The number of rotatable bonds is 3. The molecule has 0 atom stereocenters. The van der Waals surface area contributed by atoms with E-state index in [1.165, 1.54) is 0 Å². The molecule has 5 nitrogen and oxygen atoms in total. The second-order valence-electron chi connectivity index (χ2n) is 5.89. The van der Waals surface area contributed by atoms with Crippen LogP contribution in [0.25, 0.3) is 16.6 Å². The van der Waals surface area contributed by atoms with Crippen LogP contribution in [0, 0.1) is 4.64 Å². The summed E-state index contributed by atoms with van der Waals surface area (Å²) in [4.78, 5) is 2.35. The topological polar surface area (TPSA) is 45.2 Å². The van der Waals surface area contributed by atoms with E-state index in [9.17, 15) is 0 Å². The predicted molar refractivity (Wildman–Crippen MR) is 100 cm³/mol. The molecule has 1 aliphatic heterocycles. The van der Waals surface area contributed by atoms with Crippen LogP contribution in [0.15, 0.2) is 42.5 Å². The van der Waals surface area contributed by atoms with Crippen molar-refractivity contribution in [3.63, 3.8) is 0 Å². The molecule has 1 fully saturated rings. The van der Waals surface area contributed by atoms with Crippen LogP contribution in [-0.2, 0) is 0 Å². The van der Waals surface area contributed by atoms with Gasteiger partial charge in [-0.2, -0.15) is 0 Å². The summed E-state index contributed by atoms with van der Waals surface area (Å²) in [5, 5.41) is 7.72. The van der Waals surface area contributed by atoms with Gasteiger partial charge < -0.3 is 15.0 Å². The van der Waals surface area contributed by atoms with Crippen molar-refractivity contribution in [3.8, 4) is 11.4 Å². The summed E-state index contributed by atoms with van der Waals surface area (Å²) in [7, 11) is 1.72. The number of ether oxygens (including phenoxy) is 1. The fourth-order valence-corrected chi connectivity index (χ4v) is 3.50. The molecule has 0 radical (unpaired) electrons. The smallest absolute Gasteiger partial charge is 0.144 e. The average molecular weight is 340 g/mol. The monoisotopic (exact) mass is 340 g/mol. The first-order valence-electron chi connectivity index (χ1n) is 8.12. The minimum Gasteiger partial charge on any atom is -0.495 e. The van der Waals surface area contributed by atoms with Crippen molar-refractivity contribution in [2.24, 2.45) is 0 Å². The molecular formula is C18H20N4OS. The van der Waals surface area contributed by atoms with Gasteiger partial charge in [0, 0.05) is 37.6 Å². The molecule has 4 rings (SSSR count). The standard InChI is InChI=1S/C18H20N4OS/c1-23-17-12-15-14(11-16(17)21-9-7-19-8-10-21)18(24)20-22(15)13-5-3-2-4-6-13/h2-6,11-12,19H,7-10H2,1H3,(H,20,24). The van der Waals surface area contributed by atoms with Crippen molar-refractivity contribution in [1.29, 1.82) is 0 Å². The molecule has 124 valence electrons. The van der Waals surface area contributed by atoms with Crippen molar-refractivity contribution in [1.82, 2.24) is 15.1 Å². The molecular weight excluding hydrogens is 320 g/mol. The molecule has 3 aromatic rings. The number of nitrogens with zero attached hydrogens (tertiary/aromatic N) is 2. The Hall–Kier alpha value is -2.31. The Kier molecular flexibility index (Phi) is 4.00. The lowest BCUT2D eigenvalue weighted by molar-refractivity contribution is 0.413. The maximum atomic E-state index is 5.68. The highest BCUT2D eigenvalue weighted by atomic mass is 32.1. The molecule has 1 aliphatic rings. The van der Waals surface area contributed by atoms with Gasteiger partial charge in [-0.25, -0.2) is 0 Å². The van der Waals surface area contributed by atoms with E-state index in [0.717, 1.165) is 58.8 Å². The summed E-state index contributed by atoms with van der Waals surface area (Å²) in [6, 6.07) is 14.4. The van der Waals surface area contributed by atoms with Crippen molar-refractivity contribution in [2.45, 2.75) is 0 Å². The number of H-pyrrole nitrogens is 1. The number of para-hydroxylation sites is 1. The maximum absolute atomic E-state index is 5.68. The summed E-state index contributed by atoms with van der Waals surface area (Å²) in [5.74, 6) is 0.878. The van der Waals surface area contributed by atoms with Gasteiger partial charge in [-0.05, 0) is 18.2 Å². The second-order valence-corrected chi connectivity index (χ2v) is 6.30. The van der Waals surface area contributed by atoms with Crippen molar-refractivity contribution >= 4 is 28.8 Å². The fraction of sp³-hybridized carbons (Fsp3) is 0.278. The lowest BCUT2D eigenvalue weighted by Crippen LogP contribution is -2.43. The summed E-state index contributed by atoms with van der Waals surface area (Å²) in [5.41, 5.74) is 3.19. The highest BCUT2D eigenvalue weighted by Crippen LogP contribution is 2.34. The Morgan fingerprint density at radius 1 is 1.08 bits per heavy atom. The molecule has 2 N–H and O–H groups in total. The number of anilines is 1. The number of aromatic amines is 1. The predicted octanol–water partition coefficient (Wildman–Crippen LogP) is 3.11. The van der Waals surface area contributed by atoms with E-state index >= 15 is 0 Å². The number of methoxy groups -OCH3 is 1. The molecule has 2 heterocycles. The largest absolute Gasteiger partial charge is 0.495 e. The number of aromatic nitrogens is 2. The molecule has 6 heteroatoms. The Morgan fingerprint density at radius 2 is 1.83 bits per heavy atom. The molecule has 0 unspecified atom stereocenters. The first-order chi connectivity index (χ1) is 11.8. The van der Waals surface area contributed by atoms with Crippen LogP contribution in [0.3, 0.4) is 0 Å². The Bertz CT molecular complexity index is 910. The van der Waals surface area contributed by atoms with E-state index < -0.39 is 0 Å². The first kappa shape index (κ1) is 15.2. The quantitative estimate of drug-likeness (QED) is 0.719. The van der Waals surface area contributed by atoms with E-state index in [4.69, 9.17) is 17.0 Å². The van der Waals surface area contributed by atoms with Gasteiger partial charge in [-0.1, -0.05) is 30.4 Å². The third-order valence-corrected chi connectivity index (χ3v) is 4.78. The lowest BCUT2D eigenvalue weighted by Gasteiger charge is -2.30. The van der Waals surface area contributed by atoms with Crippen LogP contribution in [0.2, 0.25) is 0 Å². The molecule has 2 aromatic carbocycles. The Morgan fingerprint density at radius 3 is 2.54 bits per heavy atom. The average Bonchev–Trinajstić information content (AvgIpc) is 2.98. The Labute approximate surface area is 145 Å². The molecule has 1 aromatic heterocycles. The van der Waals surface area contributed by atoms with Crippen molar-refractivity contribution in [2.75, 3.05) is 38.2 Å².